The van der Waals surface area contributed by atoms with Crippen molar-refractivity contribution in [2.45, 2.75) is 0 Å². The number of hydrogen-bond donors (Lipinski definition) is 1. The highest BCUT2D eigenvalue weighted by molar-refractivity contribution is 7.13. The van der Waals surface area contributed by atoms with Crippen molar-refractivity contribution in [2.75, 3.05) is 7.11 Å². The summed E-state index contributed by atoms with van der Waals surface area (Å²) >= 11 is 1.33. The van der Waals surface area contributed by atoms with Crippen LogP contribution in [0.3, 0.4) is 0 Å². The molecule has 100 valence electrons. The lowest BCUT2D eigenvalue weighted by Crippen LogP contribution is -1.98. The summed E-state index contributed by atoms with van der Waals surface area (Å²) in [6.45, 7) is 0. The lowest BCUT2D eigenvalue weighted by molar-refractivity contribution is 0.0692. The van der Waals surface area contributed by atoms with E-state index in [9.17, 15) is 9.90 Å². The zero-order valence-electron chi connectivity index (χ0n) is 10.7. The molecule has 1 heterocycles. The van der Waals surface area contributed by atoms with E-state index in [-0.39, 0.29) is 5.69 Å². The van der Waals surface area contributed by atoms with Gasteiger partial charge in [0.25, 0.3) is 0 Å². The van der Waals surface area contributed by atoms with Gasteiger partial charge in [-0.1, -0.05) is 24.3 Å². The van der Waals surface area contributed by atoms with Gasteiger partial charge in [0.05, 0.1) is 17.5 Å². The second-order valence-corrected chi connectivity index (χ2v) is 5.05. The SMILES string of the molecule is COc1ccc(-c2scnc2C(=O)O)c2ccccc12. The van der Waals surface area contributed by atoms with E-state index in [2.05, 4.69) is 4.98 Å². The van der Waals surface area contributed by atoms with Gasteiger partial charge in [-0.3, -0.25) is 0 Å². The molecule has 3 aromatic rings. The number of carbonyl (C=O) groups is 1. The van der Waals surface area contributed by atoms with Crippen LogP contribution in [-0.2, 0) is 0 Å². The third kappa shape index (κ3) is 1.92. The summed E-state index contributed by atoms with van der Waals surface area (Å²) in [5.74, 6) is -0.244. The molecule has 2 aromatic carbocycles. The Balaban J connectivity index is 2.32. The van der Waals surface area contributed by atoms with Gasteiger partial charge in [-0.15, -0.1) is 11.3 Å². The smallest absolute Gasteiger partial charge is 0.356 e. The van der Waals surface area contributed by atoms with Crippen molar-refractivity contribution < 1.29 is 14.6 Å². The van der Waals surface area contributed by atoms with E-state index in [1.165, 1.54) is 11.3 Å². The van der Waals surface area contributed by atoms with Gasteiger partial charge in [-0.25, -0.2) is 9.78 Å². The van der Waals surface area contributed by atoms with Crippen LogP contribution in [0.15, 0.2) is 41.9 Å². The monoisotopic (exact) mass is 285 g/mol. The molecule has 0 aliphatic rings. The molecule has 0 atom stereocenters. The molecule has 0 amide bonds. The molecule has 0 spiro atoms. The number of nitrogens with zero attached hydrogens (tertiary/aromatic N) is 1. The maximum Gasteiger partial charge on any atom is 0.356 e. The number of carboxylic acids is 1. The molecule has 0 bridgehead atoms. The molecule has 1 N–H and O–H groups in total. The average Bonchev–Trinajstić information content (AvgIpc) is 2.95. The number of hydrogen-bond acceptors (Lipinski definition) is 4. The van der Waals surface area contributed by atoms with Crippen molar-refractivity contribution >= 4 is 28.1 Å². The molecule has 0 saturated carbocycles. The molecule has 0 radical (unpaired) electrons. The van der Waals surface area contributed by atoms with E-state index in [0.717, 1.165) is 22.1 Å². The Labute approximate surface area is 119 Å². The minimum absolute atomic E-state index is 0.0883. The molecular formula is C15H11NO3S. The summed E-state index contributed by atoms with van der Waals surface area (Å²) in [7, 11) is 1.62. The van der Waals surface area contributed by atoms with Gasteiger partial charge in [0.2, 0.25) is 0 Å². The number of aromatic nitrogens is 1. The van der Waals surface area contributed by atoms with Crippen molar-refractivity contribution in [1.29, 1.82) is 0 Å². The number of benzene rings is 2. The third-order valence-electron chi connectivity index (χ3n) is 3.12. The van der Waals surface area contributed by atoms with E-state index >= 15 is 0 Å². The summed E-state index contributed by atoms with van der Waals surface area (Å²) < 4.78 is 5.35. The lowest BCUT2D eigenvalue weighted by Gasteiger charge is -2.09. The fraction of sp³-hybridized carbons (Fsp3) is 0.0667. The Kier molecular flexibility index (Phi) is 3.12. The predicted molar refractivity (Wildman–Crippen MR) is 78.6 cm³/mol. The quantitative estimate of drug-likeness (QED) is 0.797. The molecule has 0 aliphatic heterocycles. The first-order valence-electron chi connectivity index (χ1n) is 5.95. The molecule has 0 fully saturated rings. The highest BCUT2D eigenvalue weighted by Gasteiger charge is 2.17. The van der Waals surface area contributed by atoms with Gasteiger partial charge in [-0.2, -0.15) is 0 Å². The molecular weight excluding hydrogens is 274 g/mol. The zero-order chi connectivity index (χ0) is 14.1. The van der Waals surface area contributed by atoms with Crippen LogP contribution in [0.2, 0.25) is 0 Å². The number of methoxy groups -OCH3 is 1. The van der Waals surface area contributed by atoms with Crippen LogP contribution in [0.5, 0.6) is 5.75 Å². The van der Waals surface area contributed by atoms with Gasteiger partial charge in [0.1, 0.15) is 5.75 Å². The molecule has 4 nitrogen and oxygen atoms in total. The minimum atomic E-state index is -1.01. The second kappa shape index (κ2) is 4.94. The third-order valence-corrected chi connectivity index (χ3v) is 3.98. The lowest BCUT2D eigenvalue weighted by atomic mass is 10.0. The van der Waals surface area contributed by atoms with Gasteiger partial charge in [0.15, 0.2) is 5.69 Å². The van der Waals surface area contributed by atoms with E-state index in [1.54, 1.807) is 12.6 Å². The first-order chi connectivity index (χ1) is 9.72. The summed E-state index contributed by atoms with van der Waals surface area (Å²) in [6.07, 6.45) is 0. The normalized spacial score (nSPS) is 10.7. The van der Waals surface area contributed by atoms with Gasteiger partial charge < -0.3 is 9.84 Å². The van der Waals surface area contributed by atoms with Crippen molar-refractivity contribution in [3.05, 3.63) is 47.6 Å². The topological polar surface area (TPSA) is 59.4 Å². The first kappa shape index (κ1) is 12.6. The average molecular weight is 285 g/mol. The van der Waals surface area contributed by atoms with Gasteiger partial charge in [0, 0.05) is 10.9 Å². The Morgan fingerprint density at radius 3 is 2.65 bits per heavy atom. The van der Waals surface area contributed by atoms with Crippen LogP contribution < -0.4 is 4.74 Å². The van der Waals surface area contributed by atoms with Crippen molar-refractivity contribution in [3.8, 4) is 16.2 Å². The second-order valence-electron chi connectivity index (χ2n) is 4.20. The van der Waals surface area contributed by atoms with Crippen LogP contribution in [0.25, 0.3) is 21.2 Å². The van der Waals surface area contributed by atoms with Crippen LogP contribution >= 0.6 is 11.3 Å². The molecule has 0 unspecified atom stereocenters. The highest BCUT2D eigenvalue weighted by Crippen LogP contribution is 2.37. The van der Waals surface area contributed by atoms with Crippen molar-refractivity contribution in [1.82, 2.24) is 4.98 Å². The Hall–Kier alpha value is -2.40. The van der Waals surface area contributed by atoms with Crippen LogP contribution in [-0.4, -0.2) is 23.2 Å². The molecule has 0 aliphatic carbocycles. The number of thiazole rings is 1. The van der Waals surface area contributed by atoms with Crippen LogP contribution in [0.4, 0.5) is 0 Å². The predicted octanol–water partition coefficient (Wildman–Crippen LogP) is 3.67. The van der Waals surface area contributed by atoms with Crippen LogP contribution in [0, 0.1) is 0 Å². The number of aromatic carboxylic acids is 1. The summed E-state index contributed by atoms with van der Waals surface area (Å²) in [4.78, 5) is 15.8. The molecule has 1 aromatic heterocycles. The highest BCUT2D eigenvalue weighted by atomic mass is 32.1. The van der Waals surface area contributed by atoms with Crippen molar-refractivity contribution in [3.63, 3.8) is 0 Å². The van der Waals surface area contributed by atoms with Gasteiger partial charge in [-0.05, 0) is 17.5 Å². The largest absolute Gasteiger partial charge is 0.496 e. The maximum absolute atomic E-state index is 11.2. The number of fused-ring (bicyclic) bond motifs is 1. The standard InChI is InChI=1S/C15H11NO3S/c1-19-12-7-6-11(9-4-2-3-5-10(9)12)14-13(15(17)18)16-8-20-14/h2-8H,1H3,(H,17,18). The Morgan fingerprint density at radius 2 is 1.95 bits per heavy atom. The first-order valence-corrected chi connectivity index (χ1v) is 6.83. The van der Waals surface area contributed by atoms with Crippen molar-refractivity contribution in [2.24, 2.45) is 0 Å². The van der Waals surface area contributed by atoms with E-state index in [0.29, 0.717) is 4.88 Å². The number of ether oxygens (including phenoxy) is 1. The summed E-state index contributed by atoms with van der Waals surface area (Å²) in [6, 6.07) is 11.5. The maximum atomic E-state index is 11.2. The zero-order valence-corrected chi connectivity index (χ0v) is 11.5. The minimum Gasteiger partial charge on any atom is -0.496 e. The van der Waals surface area contributed by atoms with E-state index in [4.69, 9.17) is 4.74 Å². The fourth-order valence-electron chi connectivity index (χ4n) is 2.24. The van der Waals surface area contributed by atoms with Crippen LogP contribution in [0.1, 0.15) is 10.5 Å². The van der Waals surface area contributed by atoms with E-state index in [1.807, 2.05) is 36.4 Å². The molecule has 5 heteroatoms. The Morgan fingerprint density at radius 1 is 1.20 bits per heavy atom. The van der Waals surface area contributed by atoms with Gasteiger partial charge >= 0.3 is 5.97 Å². The summed E-state index contributed by atoms with van der Waals surface area (Å²) in [5, 5.41) is 11.1. The summed E-state index contributed by atoms with van der Waals surface area (Å²) in [5.41, 5.74) is 2.50. The number of carboxylic acid groups (broad SMARTS) is 1. The fourth-order valence-corrected chi connectivity index (χ4v) is 3.06. The molecule has 20 heavy (non-hydrogen) atoms. The number of rotatable bonds is 3. The molecule has 3 rings (SSSR count). The van der Waals surface area contributed by atoms with E-state index < -0.39 is 5.97 Å². The Bertz CT molecular complexity index is 795. The molecule has 0 saturated heterocycles.